The first-order valence-corrected chi connectivity index (χ1v) is 7.63. The van der Waals surface area contributed by atoms with Crippen molar-refractivity contribution in [2.45, 2.75) is 64.3 Å². The molecule has 5 nitrogen and oxygen atoms in total. The summed E-state index contributed by atoms with van der Waals surface area (Å²) in [6.45, 7) is 7.56. The predicted molar refractivity (Wildman–Crippen MR) is 75.5 cm³/mol. The van der Waals surface area contributed by atoms with E-state index >= 15 is 0 Å². The fourth-order valence-electron chi connectivity index (χ4n) is 2.91. The Morgan fingerprint density at radius 3 is 2.75 bits per heavy atom. The minimum absolute atomic E-state index is 0.0966. The van der Waals surface area contributed by atoms with E-state index in [1.54, 1.807) is 4.90 Å². The van der Waals surface area contributed by atoms with Crippen LogP contribution in [0.4, 0.5) is 4.79 Å². The molecular formula is C15H27NO4. The van der Waals surface area contributed by atoms with E-state index in [9.17, 15) is 9.90 Å². The molecule has 0 radical (unpaired) electrons. The second kappa shape index (κ2) is 6.31. The van der Waals surface area contributed by atoms with Gasteiger partial charge in [0.15, 0.2) is 0 Å². The molecule has 1 N–H and O–H groups in total. The third-order valence-electron chi connectivity index (χ3n) is 3.94. The third-order valence-corrected chi connectivity index (χ3v) is 3.94. The maximum atomic E-state index is 12.1. The van der Waals surface area contributed by atoms with Gasteiger partial charge >= 0.3 is 6.09 Å². The summed E-state index contributed by atoms with van der Waals surface area (Å²) in [5.74, 6) is 0.0966. The van der Waals surface area contributed by atoms with Gasteiger partial charge in [-0.2, -0.15) is 0 Å². The van der Waals surface area contributed by atoms with Crippen LogP contribution in [0.3, 0.4) is 0 Å². The van der Waals surface area contributed by atoms with Crippen molar-refractivity contribution in [3.63, 3.8) is 0 Å². The molecule has 0 aromatic rings. The van der Waals surface area contributed by atoms with Gasteiger partial charge in [0.25, 0.3) is 0 Å². The Labute approximate surface area is 121 Å². The number of nitrogens with zero attached hydrogens (tertiary/aromatic N) is 1. The van der Waals surface area contributed by atoms with Crippen LogP contribution in [0.15, 0.2) is 0 Å². The van der Waals surface area contributed by atoms with E-state index in [4.69, 9.17) is 9.47 Å². The van der Waals surface area contributed by atoms with Gasteiger partial charge in [-0.05, 0) is 46.5 Å². The normalized spacial score (nSPS) is 31.4. The van der Waals surface area contributed by atoms with Crippen LogP contribution in [0.5, 0.6) is 0 Å². The maximum Gasteiger partial charge on any atom is 0.410 e. The lowest BCUT2D eigenvalue weighted by molar-refractivity contribution is -0.0225. The lowest BCUT2D eigenvalue weighted by atomic mass is 9.89. The molecule has 2 aliphatic heterocycles. The van der Waals surface area contributed by atoms with Gasteiger partial charge < -0.3 is 19.5 Å². The quantitative estimate of drug-likeness (QED) is 0.845. The molecular weight excluding hydrogens is 258 g/mol. The van der Waals surface area contributed by atoms with Gasteiger partial charge in [0, 0.05) is 25.6 Å². The van der Waals surface area contributed by atoms with Gasteiger partial charge in [-0.1, -0.05) is 0 Å². The van der Waals surface area contributed by atoms with Gasteiger partial charge in [0.1, 0.15) is 5.60 Å². The number of ether oxygens (including phenoxy) is 2. The lowest BCUT2D eigenvalue weighted by Crippen LogP contribution is -2.48. The number of piperidine rings is 1. The summed E-state index contributed by atoms with van der Waals surface area (Å²) >= 11 is 0. The monoisotopic (exact) mass is 285 g/mol. The number of aliphatic hydroxyl groups excluding tert-OH is 1. The molecule has 2 fully saturated rings. The highest BCUT2D eigenvalue weighted by molar-refractivity contribution is 5.68. The molecule has 0 bridgehead atoms. The first-order chi connectivity index (χ1) is 9.35. The summed E-state index contributed by atoms with van der Waals surface area (Å²) in [4.78, 5) is 13.8. The van der Waals surface area contributed by atoms with E-state index < -0.39 is 5.60 Å². The zero-order valence-corrected chi connectivity index (χ0v) is 12.8. The largest absolute Gasteiger partial charge is 0.444 e. The van der Waals surface area contributed by atoms with Crippen molar-refractivity contribution in [2.75, 3.05) is 19.7 Å². The molecule has 3 atom stereocenters. The number of rotatable bonds is 2. The van der Waals surface area contributed by atoms with Crippen LogP contribution >= 0.6 is 0 Å². The van der Waals surface area contributed by atoms with Gasteiger partial charge in [0.05, 0.1) is 12.2 Å². The average molecular weight is 285 g/mol. The molecule has 0 spiro atoms. The van der Waals surface area contributed by atoms with Crippen molar-refractivity contribution in [3.05, 3.63) is 0 Å². The maximum absolute atomic E-state index is 12.1. The zero-order valence-electron chi connectivity index (χ0n) is 12.8. The van der Waals surface area contributed by atoms with E-state index in [-0.39, 0.29) is 24.2 Å². The third kappa shape index (κ3) is 4.35. The summed E-state index contributed by atoms with van der Waals surface area (Å²) in [7, 11) is 0. The van der Waals surface area contributed by atoms with Crippen LogP contribution < -0.4 is 0 Å². The van der Waals surface area contributed by atoms with E-state index in [0.717, 1.165) is 25.9 Å². The summed E-state index contributed by atoms with van der Waals surface area (Å²) in [6, 6.07) is 0. The second-order valence-corrected chi connectivity index (χ2v) is 6.91. The minimum atomic E-state index is -0.475. The summed E-state index contributed by atoms with van der Waals surface area (Å²) in [6.07, 6.45) is 3.25. The molecule has 5 heteroatoms. The van der Waals surface area contributed by atoms with E-state index in [1.807, 2.05) is 20.8 Å². The molecule has 0 aromatic heterocycles. The zero-order chi connectivity index (χ0) is 14.8. The van der Waals surface area contributed by atoms with E-state index in [0.29, 0.717) is 19.5 Å². The smallest absolute Gasteiger partial charge is 0.410 e. The second-order valence-electron chi connectivity index (χ2n) is 6.91. The molecule has 2 aliphatic rings. The summed E-state index contributed by atoms with van der Waals surface area (Å²) < 4.78 is 11.0. The molecule has 2 heterocycles. The van der Waals surface area contributed by atoms with Crippen molar-refractivity contribution in [1.82, 2.24) is 4.90 Å². The number of carbonyl (C=O) groups excluding carboxylic acids is 1. The molecule has 1 amide bonds. The number of likely N-dealkylation sites (tertiary alicyclic amines) is 1. The number of aliphatic hydroxyl groups is 1. The van der Waals surface area contributed by atoms with Crippen molar-refractivity contribution in [2.24, 2.45) is 5.92 Å². The predicted octanol–water partition coefficient (Wildman–Crippen LogP) is 2.17. The van der Waals surface area contributed by atoms with E-state index in [2.05, 4.69) is 0 Å². The van der Waals surface area contributed by atoms with Crippen LogP contribution in [0, 0.1) is 5.92 Å². The Morgan fingerprint density at radius 2 is 2.15 bits per heavy atom. The molecule has 0 aromatic carbocycles. The fourth-order valence-corrected chi connectivity index (χ4v) is 2.91. The molecule has 20 heavy (non-hydrogen) atoms. The Hall–Kier alpha value is -0.810. The molecule has 116 valence electrons. The summed E-state index contributed by atoms with van der Waals surface area (Å²) in [5.41, 5.74) is -0.475. The van der Waals surface area contributed by atoms with Gasteiger partial charge in [-0.15, -0.1) is 0 Å². The molecule has 3 unspecified atom stereocenters. The standard InChI is InChI=1S/C15H27NO4/c1-15(2,3)20-14(18)16-7-6-13(17)11(10-16)9-12-5-4-8-19-12/h11-13,17H,4-10H2,1-3H3. The Balaban J connectivity index is 1.88. The first-order valence-electron chi connectivity index (χ1n) is 7.63. The minimum Gasteiger partial charge on any atom is -0.444 e. The Bertz CT molecular complexity index is 333. The highest BCUT2D eigenvalue weighted by atomic mass is 16.6. The van der Waals surface area contributed by atoms with Crippen LogP contribution in [-0.4, -0.2) is 53.6 Å². The van der Waals surface area contributed by atoms with Crippen LogP contribution in [0.25, 0.3) is 0 Å². The van der Waals surface area contributed by atoms with Crippen molar-refractivity contribution < 1.29 is 19.4 Å². The van der Waals surface area contributed by atoms with Crippen LogP contribution in [-0.2, 0) is 9.47 Å². The highest BCUT2D eigenvalue weighted by Crippen LogP contribution is 2.27. The van der Waals surface area contributed by atoms with Crippen LogP contribution in [0.1, 0.15) is 46.5 Å². The molecule has 0 aliphatic carbocycles. The number of amides is 1. The van der Waals surface area contributed by atoms with E-state index in [1.165, 1.54) is 0 Å². The SMILES string of the molecule is CC(C)(C)OC(=O)N1CCC(O)C(CC2CCCO2)C1. The number of hydrogen-bond acceptors (Lipinski definition) is 4. The number of carbonyl (C=O) groups is 1. The topological polar surface area (TPSA) is 59.0 Å². The lowest BCUT2D eigenvalue weighted by Gasteiger charge is -2.37. The molecule has 0 saturated carbocycles. The highest BCUT2D eigenvalue weighted by Gasteiger charge is 2.34. The van der Waals surface area contributed by atoms with Crippen molar-refractivity contribution >= 4 is 6.09 Å². The van der Waals surface area contributed by atoms with Gasteiger partial charge in [-0.3, -0.25) is 0 Å². The van der Waals surface area contributed by atoms with Crippen molar-refractivity contribution in [3.8, 4) is 0 Å². The average Bonchev–Trinajstić information content (AvgIpc) is 2.82. The first kappa shape index (κ1) is 15.6. The van der Waals surface area contributed by atoms with Gasteiger partial charge in [-0.25, -0.2) is 4.79 Å². The number of hydrogen-bond donors (Lipinski definition) is 1. The van der Waals surface area contributed by atoms with Gasteiger partial charge in [0.2, 0.25) is 0 Å². The summed E-state index contributed by atoms with van der Waals surface area (Å²) in [5, 5.41) is 10.1. The Kier molecular flexibility index (Phi) is 4.91. The fraction of sp³-hybridized carbons (Fsp3) is 0.933. The van der Waals surface area contributed by atoms with Crippen LogP contribution in [0.2, 0.25) is 0 Å². The molecule has 2 saturated heterocycles. The Morgan fingerprint density at radius 1 is 1.40 bits per heavy atom. The molecule has 2 rings (SSSR count). The van der Waals surface area contributed by atoms with Crippen molar-refractivity contribution in [1.29, 1.82) is 0 Å².